The van der Waals surface area contributed by atoms with Crippen LogP contribution < -0.4 is 0 Å². The summed E-state index contributed by atoms with van der Waals surface area (Å²) >= 11 is 0. The maximum absolute atomic E-state index is 13.1. The van der Waals surface area contributed by atoms with Crippen molar-refractivity contribution in [3.63, 3.8) is 0 Å². The van der Waals surface area contributed by atoms with Gasteiger partial charge in [0.1, 0.15) is 19.3 Å². The zero-order valence-corrected chi connectivity index (χ0v) is 65.9. The third-order valence-electron chi connectivity index (χ3n) is 18.8. The summed E-state index contributed by atoms with van der Waals surface area (Å²) in [5.41, 5.74) is 0. The van der Waals surface area contributed by atoms with E-state index in [0.717, 1.165) is 102 Å². The van der Waals surface area contributed by atoms with Crippen LogP contribution in [0.3, 0.4) is 0 Å². The van der Waals surface area contributed by atoms with E-state index in [1.54, 1.807) is 0 Å². The lowest BCUT2D eigenvalue weighted by Crippen LogP contribution is -2.30. The minimum Gasteiger partial charge on any atom is -0.462 e. The molecule has 0 aromatic rings. The smallest absolute Gasteiger partial charge is 0.462 e. The van der Waals surface area contributed by atoms with Gasteiger partial charge in [-0.25, -0.2) is 9.13 Å². The molecule has 0 heterocycles. The van der Waals surface area contributed by atoms with Gasteiger partial charge >= 0.3 is 39.5 Å². The highest BCUT2D eigenvalue weighted by molar-refractivity contribution is 7.47. The number of ether oxygens (including phenoxy) is 4. The summed E-state index contributed by atoms with van der Waals surface area (Å²) in [7, 11) is -9.91. The number of carbonyl (C=O) groups excluding carboxylic acids is 4. The van der Waals surface area contributed by atoms with Gasteiger partial charge in [0.15, 0.2) is 12.2 Å². The van der Waals surface area contributed by atoms with Gasteiger partial charge in [-0.1, -0.05) is 363 Å². The Morgan fingerprint density at radius 2 is 0.520 bits per heavy atom. The lowest BCUT2D eigenvalue weighted by molar-refractivity contribution is -0.161. The Labute approximate surface area is 600 Å². The van der Waals surface area contributed by atoms with Crippen molar-refractivity contribution in [2.75, 3.05) is 39.6 Å². The Bertz CT molecular complexity index is 1890. The van der Waals surface area contributed by atoms with Crippen LogP contribution in [-0.4, -0.2) is 96.7 Å². The number of unbranched alkanes of at least 4 members (excludes halogenated alkanes) is 47. The minimum absolute atomic E-state index is 0.108. The molecule has 98 heavy (non-hydrogen) atoms. The summed E-state index contributed by atoms with van der Waals surface area (Å²) in [4.78, 5) is 72.9. The molecule has 19 heteroatoms. The summed E-state index contributed by atoms with van der Waals surface area (Å²) in [5.74, 6) is -0.481. The summed E-state index contributed by atoms with van der Waals surface area (Å²) in [6.07, 6.45) is 59.5. The predicted octanol–water partition coefficient (Wildman–Crippen LogP) is 23.5. The molecule has 0 aliphatic rings. The number of aliphatic hydroxyl groups excluding tert-OH is 1. The molecule has 0 bridgehead atoms. The fourth-order valence-corrected chi connectivity index (χ4v) is 13.7. The average molecular weight is 1440 g/mol. The highest BCUT2D eigenvalue weighted by Gasteiger charge is 2.30. The van der Waals surface area contributed by atoms with Crippen molar-refractivity contribution < 1.29 is 80.2 Å². The first-order chi connectivity index (χ1) is 47.4. The number of hydrogen-bond acceptors (Lipinski definition) is 15. The number of aliphatic hydroxyl groups is 1. The van der Waals surface area contributed by atoms with Crippen LogP contribution in [0.4, 0.5) is 0 Å². The maximum atomic E-state index is 13.1. The summed E-state index contributed by atoms with van der Waals surface area (Å²) in [6, 6.07) is 0. The summed E-state index contributed by atoms with van der Waals surface area (Å²) in [5, 5.41) is 10.6. The van der Waals surface area contributed by atoms with E-state index in [2.05, 4.69) is 41.5 Å². The monoisotopic (exact) mass is 1440 g/mol. The highest BCUT2D eigenvalue weighted by Crippen LogP contribution is 2.45. The van der Waals surface area contributed by atoms with Crippen LogP contribution in [0.25, 0.3) is 0 Å². The molecular weight excluding hydrogens is 1280 g/mol. The van der Waals surface area contributed by atoms with Gasteiger partial charge in [-0.3, -0.25) is 37.3 Å². The van der Waals surface area contributed by atoms with Crippen molar-refractivity contribution in [3.05, 3.63) is 0 Å². The van der Waals surface area contributed by atoms with E-state index < -0.39 is 97.5 Å². The standard InChI is InChI=1S/C79H154O17P2/c1-7-10-12-14-16-18-20-27-31-39-45-51-57-63-78(83)95-74(67-89-76(81)61-55-49-43-37-19-17-15-13-11-8-2)69-93-97(85,86)91-65-73(80)66-92-98(87,88)94-70-75(68-90-77(82)62-56-50-44-38-34-33-36-42-48-54-60-72(6)9-3)96-79(84)64-58-52-46-40-32-29-26-24-22-21-23-25-28-30-35-41-47-53-59-71(4)5/h71-75,80H,7-70H2,1-6H3,(H,85,86)(H,87,88)/t72?,73-,74+,75+/m0/s1. The van der Waals surface area contributed by atoms with E-state index in [9.17, 15) is 43.2 Å². The Kier molecular flexibility index (Phi) is 69.3. The fraction of sp³-hybridized carbons (Fsp3) is 0.949. The number of rotatable bonds is 78. The van der Waals surface area contributed by atoms with Gasteiger partial charge in [0, 0.05) is 25.7 Å². The Morgan fingerprint density at radius 3 is 0.776 bits per heavy atom. The number of esters is 4. The van der Waals surface area contributed by atoms with Crippen molar-refractivity contribution >= 4 is 39.5 Å². The van der Waals surface area contributed by atoms with E-state index in [0.29, 0.717) is 25.7 Å². The molecule has 0 saturated heterocycles. The Hall–Kier alpha value is -1.94. The molecule has 3 N–H and O–H groups in total. The van der Waals surface area contributed by atoms with Gasteiger partial charge in [0.2, 0.25) is 0 Å². The van der Waals surface area contributed by atoms with Crippen molar-refractivity contribution in [1.82, 2.24) is 0 Å². The predicted molar refractivity (Wildman–Crippen MR) is 400 cm³/mol. The first-order valence-electron chi connectivity index (χ1n) is 41.0. The molecule has 0 radical (unpaired) electrons. The zero-order chi connectivity index (χ0) is 72.1. The van der Waals surface area contributed by atoms with E-state index >= 15 is 0 Å². The summed E-state index contributed by atoms with van der Waals surface area (Å²) < 4.78 is 68.6. The van der Waals surface area contributed by atoms with E-state index in [-0.39, 0.29) is 25.7 Å². The van der Waals surface area contributed by atoms with E-state index in [1.807, 2.05) is 0 Å². The number of phosphoric acid groups is 2. The minimum atomic E-state index is -4.96. The number of phosphoric ester groups is 2. The van der Waals surface area contributed by atoms with Crippen molar-refractivity contribution in [3.8, 4) is 0 Å². The highest BCUT2D eigenvalue weighted by atomic mass is 31.2. The quantitative estimate of drug-likeness (QED) is 0.0222. The van der Waals surface area contributed by atoms with E-state index in [1.165, 1.54) is 231 Å². The molecule has 0 amide bonds. The molecule has 6 atom stereocenters. The van der Waals surface area contributed by atoms with Crippen molar-refractivity contribution in [2.45, 2.75) is 432 Å². The molecule has 0 rings (SSSR count). The Morgan fingerprint density at radius 1 is 0.296 bits per heavy atom. The topological polar surface area (TPSA) is 237 Å². The number of hydrogen-bond donors (Lipinski definition) is 3. The van der Waals surface area contributed by atoms with Crippen LogP contribution in [0.2, 0.25) is 0 Å². The molecule has 0 aliphatic heterocycles. The summed E-state index contributed by atoms with van der Waals surface area (Å²) in [6.45, 7) is 9.68. The maximum Gasteiger partial charge on any atom is 0.472 e. The molecular formula is C79H154O17P2. The fourth-order valence-electron chi connectivity index (χ4n) is 12.2. The Balaban J connectivity index is 5.21. The van der Waals surface area contributed by atoms with Crippen molar-refractivity contribution in [1.29, 1.82) is 0 Å². The molecule has 0 saturated carbocycles. The third-order valence-corrected chi connectivity index (χ3v) is 20.7. The third kappa shape index (κ3) is 71.1. The first kappa shape index (κ1) is 96.1. The van der Waals surface area contributed by atoms with E-state index in [4.69, 9.17) is 37.0 Å². The second kappa shape index (κ2) is 70.7. The SMILES string of the molecule is CCCCCCCCCCCCCCCC(=O)O[C@H](COC(=O)CCCCCCCCCCCC)COP(=O)(O)OC[C@H](O)COP(=O)(O)OC[C@@H](COC(=O)CCCCCCCCCCCCC(C)CC)OC(=O)CCCCCCCCCCCCCCCCCCCCC(C)C. The van der Waals surface area contributed by atoms with Crippen LogP contribution in [0, 0.1) is 11.8 Å². The number of carbonyl (C=O) groups is 4. The molecule has 3 unspecified atom stereocenters. The van der Waals surface area contributed by atoms with Gasteiger partial charge in [-0.05, 0) is 37.5 Å². The van der Waals surface area contributed by atoms with Crippen LogP contribution in [0.15, 0.2) is 0 Å². The van der Waals surface area contributed by atoms with Crippen LogP contribution in [-0.2, 0) is 65.4 Å². The molecule has 0 aromatic heterocycles. The zero-order valence-electron chi connectivity index (χ0n) is 64.1. The largest absolute Gasteiger partial charge is 0.472 e. The van der Waals surface area contributed by atoms with Gasteiger partial charge in [-0.2, -0.15) is 0 Å². The molecule has 0 fully saturated rings. The van der Waals surface area contributed by atoms with Gasteiger partial charge in [0.25, 0.3) is 0 Å². The molecule has 0 aromatic carbocycles. The van der Waals surface area contributed by atoms with Crippen molar-refractivity contribution in [2.24, 2.45) is 11.8 Å². The van der Waals surface area contributed by atoms with Crippen LogP contribution in [0.5, 0.6) is 0 Å². The second-order valence-electron chi connectivity index (χ2n) is 29.2. The van der Waals surface area contributed by atoms with Gasteiger partial charge < -0.3 is 33.8 Å². The molecule has 17 nitrogen and oxygen atoms in total. The average Bonchev–Trinajstić information content (AvgIpc) is 1.01. The second-order valence-corrected chi connectivity index (χ2v) is 32.1. The molecule has 0 aliphatic carbocycles. The van der Waals surface area contributed by atoms with Gasteiger partial charge in [-0.15, -0.1) is 0 Å². The molecule has 582 valence electrons. The van der Waals surface area contributed by atoms with Crippen LogP contribution >= 0.6 is 15.6 Å². The lowest BCUT2D eigenvalue weighted by atomic mass is 9.99. The first-order valence-corrected chi connectivity index (χ1v) is 44.0. The lowest BCUT2D eigenvalue weighted by Gasteiger charge is -2.21. The normalized spacial score (nSPS) is 14.2. The van der Waals surface area contributed by atoms with Crippen LogP contribution in [0.1, 0.15) is 414 Å². The van der Waals surface area contributed by atoms with Gasteiger partial charge in [0.05, 0.1) is 26.4 Å². The molecule has 0 spiro atoms.